The fourth-order valence-corrected chi connectivity index (χ4v) is 2.15. The quantitative estimate of drug-likeness (QED) is 0.390. The van der Waals surface area contributed by atoms with Crippen LogP contribution in [0.3, 0.4) is 0 Å². The first-order chi connectivity index (χ1) is 9.53. The zero-order valence-electron chi connectivity index (χ0n) is 13.6. The Labute approximate surface area is 124 Å². The van der Waals surface area contributed by atoms with E-state index in [0.717, 1.165) is 6.42 Å². The molecule has 1 rings (SSSR count). The molecule has 0 amide bonds. The zero-order chi connectivity index (χ0) is 14.8. The summed E-state index contributed by atoms with van der Waals surface area (Å²) in [5.74, 6) is 0. The van der Waals surface area contributed by atoms with Crippen molar-refractivity contribution in [3.05, 3.63) is 35.9 Å². The Bertz CT molecular complexity index is 376. The number of benzene rings is 1. The monoisotopic (exact) mass is 274 g/mol. The molecule has 2 nitrogen and oxygen atoms in total. The van der Waals surface area contributed by atoms with Crippen molar-refractivity contribution in [1.29, 1.82) is 0 Å². The second kappa shape index (κ2) is 8.89. The lowest BCUT2D eigenvalue weighted by Gasteiger charge is -2.15. The number of azo groups is 1. The van der Waals surface area contributed by atoms with Crippen molar-refractivity contribution in [3.63, 3.8) is 0 Å². The fraction of sp³-hybridized carbons (Fsp3) is 0.667. The molecule has 0 aliphatic rings. The van der Waals surface area contributed by atoms with Crippen LogP contribution >= 0.6 is 0 Å². The first kappa shape index (κ1) is 16.9. The first-order valence-corrected chi connectivity index (χ1v) is 8.00. The van der Waals surface area contributed by atoms with Crippen LogP contribution in [0.2, 0.25) is 0 Å². The molecule has 0 aromatic heterocycles. The highest BCUT2D eigenvalue weighted by molar-refractivity contribution is 5.18. The van der Waals surface area contributed by atoms with E-state index in [-0.39, 0.29) is 11.6 Å². The molecule has 0 radical (unpaired) electrons. The minimum atomic E-state index is -0.0881. The van der Waals surface area contributed by atoms with E-state index >= 15 is 0 Å². The highest BCUT2D eigenvalue weighted by Crippen LogP contribution is 2.26. The summed E-state index contributed by atoms with van der Waals surface area (Å²) in [6, 6.07) is 10.8. The normalized spacial score (nSPS) is 13.8. The van der Waals surface area contributed by atoms with Crippen molar-refractivity contribution in [1.82, 2.24) is 0 Å². The molecule has 0 N–H and O–H groups in total. The second-order valence-corrected chi connectivity index (χ2v) is 6.52. The van der Waals surface area contributed by atoms with Crippen LogP contribution in [0.1, 0.15) is 77.8 Å². The van der Waals surface area contributed by atoms with Gasteiger partial charge < -0.3 is 0 Å². The molecule has 0 saturated heterocycles. The molecule has 1 aromatic rings. The van der Waals surface area contributed by atoms with Gasteiger partial charge in [0.25, 0.3) is 0 Å². The molecule has 112 valence electrons. The van der Waals surface area contributed by atoms with E-state index in [9.17, 15) is 0 Å². The zero-order valence-corrected chi connectivity index (χ0v) is 13.6. The maximum absolute atomic E-state index is 4.61. The van der Waals surface area contributed by atoms with Gasteiger partial charge in [-0.15, -0.1) is 0 Å². The summed E-state index contributed by atoms with van der Waals surface area (Å²) in [5.41, 5.74) is 1.20. The summed E-state index contributed by atoms with van der Waals surface area (Å²) < 4.78 is 0. The fourth-order valence-electron chi connectivity index (χ4n) is 2.15. The van der Waals surface area contributed by atoms with Crippen LogP contribution < -0.4 is 0 Å². The predicted molar refractivity (Wildman–Crippen MR) is 87.2 cm³/mol. The Balaban J connectivity index is 2.59. The molecule has 0 heterocycles. The highest BCUT2D eigenvalue weighted by Gasteiger charge is 2.12. The average Bonchev–Trinajstić information content (AvgIpc) is 2.42. The van der Waals surface area contributed by atoms with E-state index in [1.54, 1.807) is 0 Å². The lowest BCUT2D eigenvalue weighted by atomic mass is 10.0. The van der Waals surface area contributed by atoms with Gasteiger partial charge in [-0.25, -0.2) is 0 Å². The molecule has 20 heavy (non-hydrogen) atoms. The Morgan fingerprint density at radius 1 is 0.950 bits per heavy atom. The van der Waals surface area contributed by atoms with Gasteiger partial charge in [0.15, 0.2) is 0 Å². The molecule has 0 aliphatic heterocycles. The predicted octanol–water partition coefficient (Wildman–Crippen LogP) is 6.34. The van der Waals surface area contributed by atoms with Gasteiger partial charge in [0.05, 0.1) is 11.6 Å². The maximum Gasteiger partial charge on any atom is 0.0957 e. The topological polar surface area (TPSA) is 24.7 Å². The van der Waals surface area contributed by atoms with Crippen molar-refractivity contribution in [2.45, 2.75) is 77.8 Å². The molecule has 1 aromatic carbocycles. The summed E-state index contributed by atoms with van der Waals surface area (Å²) in [4.78, 5) is 0. The lowest BCUT2D eigenvalue weighted by molar-refractivity contribution is 0.484. The van der Waals surface area contributed by atoms with Gasteiger partial charge in [-0.2, -0.15) is 10.2 Å². The van der Waals surface area contributed by atoms with Gasteiger partial charge in [0.1, 0.15) is 0 Å². The number of nitrogens with zero attached hydrogens (tertiary/aromatic N) is 2. The summed E-state index contributed by atoms with van der Waals surface area (Å²) in [7, 11) is 0. The number of hydrogen-bond donors (Lipinski definition) is 0. The van der Waals surface area contributed by atoms with Gasteiger partial charge >= 0.3 is 0 Å². The van der Waals surface area contributed by atoms with Crippen molar-refractivity contribution in [3.8, 4) is 0 Å². The molecule has 1 unspecified atom stereocenters. The van der Waals surface area contributed by atoms with Crippen LogP contribution in [0.5, 0.6) is 0 Å². The van der Waals surface area contributed by atoms with Crippen LogP contribution in [0.25, 0.3) is 0 Å². The first-order valence-electron chi connectivity index (χ1n) is 8.00. The van der Waals surface area contributed by atoms with Gasteiger partial charge in [-0.1, -0.05) is 69.4 Å². The molecule has 0 bridgehead atoms. The molecule has 0 spiro atoms. The molecule has 0 aliphatic carbocycles. The van der Waals surface area contributed by atoms with Crippen molar-refractivity contribution in [2.24, 2.45) is 10.2 Å². The number of hydrogen-bond acceptors (Lipinski definition) is 2. The van der Waals surface area contributed by atoms with Gasteiger partial charge in [0.2, 0.25) is 0 Å². The van der Waals surface area contributed by atoms with E-state index in [1.165, 1.54) is 37.7 Å². The molecule has 0 saturated carbocycles. The van der Waals surface area contributed by atoms with Crippen molar-refractivity contribution < 1.29 is 0 Å². The molecule has 2 heteroatoms. The van der Waals surface area contributed by atoms with E-state index in [2.05, 4.69) is 68.3 Å². The lowest BCUT2D eigenvalue weighted by Crippen LogP contribution is -2.09. The Morgan fingerprint density at radius 2 is 1.60 bits per heavy atom. The Hall–Kier alpha value is -1.18. The van der Waals surface area contributed by atoms with Crippen molar-refractivity contribution in [2.75, 3.05) is 0 Å². The number of unbranched alkanes of at least 4 members (excludes halogenated alkanes) is 4. The van der Waals surface area contributed by atoms with E-state index in [0.29, 0.717) is 0 Å². The second-order valence-electron chi connectivity index (χ2n) is 6.52. The minimum Gasteiger partial charge on any atom is -0.188 e. The summed E-state index contributed by atoms with van der Waals surface area (Å²) in [6.45, 7) is 8.55. The van der Waals surface area contributed by atoms with Gasteiger partial charge in [0, 0.05) is 0 Å². The standard InChI is InChI=1S/C18H30N2/c1-5-6-7-8-12-15-17(19-20-18(2,3)4)16-13-10-9-11-14-16/h9-11,13-14,17H,5-8,12,15H2,1-4H3. The summed E-state index contributed by atoms with van der Waals surface area (Å²) in [5, 5.41) is 9.08. The summed E-state index contributed by atoms with van der Waals surface area (Å²) >= 11 is 0. The third-order valence-electron chi connectivity index (χ3n) is 3.26. The third kappa shape index (κ3) is 7.42. The van der Waals surface area contributed by atoms with Crippen LogP contribution in [-0.2, 0) is 0 Å². The Kier molecular flexibility index (Phi) is 7.50. The molecule has 1 atom stereocenters. The van der Waals surface area contributed by atoms with E-state index in [1.807, 2.05) is 0 Å². The van der Waals surface area contributed by atoms with Crippen LogP contribution in [0.4, 0.5) is 0 Å². The SMILES string of the molecule is CCCCCCCC(N=NC(C)(C)C)c1ccccc1. The largest absolute Gasteiger partial charge is 0.188 e. The molecular formula is C18H30N2. The minimum absolute atomic E-state index is 0.0881. The van der Waals surface area contributed by atoms with Crippen LogP contribution in [-0.4, -0.2) is 5.54 Å². The summed E-state index contributed by atoms with van der Waals surface area (Å²) in [6.07, 6.45) is 7.64. The van der Waals surface area contributed by atoms with Crippen LogP contribution in [0, 0.1) is 0 Å². The smallest absolute Gasteiger partial charge is 0.0957 e. The van der Waals surface area contributed by atoms with E-state index in [4.69, 9.17) is 0 Å². The Morgan fingerprint density at radius 3 is 2.20 bits per heavy atom. The molecular weight excluding hydrogens is 244 g/mol. The van der Waals surface area contributed by atoms with Gasteiger partial charge in [-0.3, -0.25) is 0 Å². The third-order valence-corrected chi connectivity index (χ3v) is 3.26. The highest BCUT2D eigenvalue weighted by atomic mass is 15.2. The van der Waals surface area contributed by atoms with Crippen LogP contribution in [0.15, 0.2) is 40.6 Å². The molecule has 0 fully saturated rings. The van der Waals surface area contributed by atoms with Gasteiger partial charge in [-0.05, 0) is 32.8 Å². The van der Waals surface area contributed by atoms with E-state index < -0.39 is 0 Å². The number of rotatable bonds is 8. The average molecular weight is 274 g/mol. The maximum atomic E-state index is 4.61. The van der Waals surface area contributed by atoms with Crippen molar-refractivity contribution >= 4 is 0 Å².